The first-order valence-electron chi connectivity index (χ1n) is 8.09. The summed E-state index contributed by atoms with van der Waals surface area (Å²) in [7, 11) is 0. The minimum atomic E-state index is -0.0149. The number of aromatic nitrogens is 1. The Hall–Kier alpha value is -1.91. The summed E-state index contributed by atoms with van der Waals surface area (Å²) < 4.78 is 0. The Kier molecular flexibility index (Phi) is 6.37. The highest BCUT2D eigenvalue weighted by Gasteiger charge is 2.23. The molecule has 0 saturated heterocycles. The van der Waals surface area contributed by atoms with E-state index in [1.807, 2.05) is 17.0 Å². The van der Waals surface area contributed by atoms with Gasteiger partial charge in [-0.3, -0.25) is 14.6 Å². The van der Waals surface area contributed by atoms with Crippen molar-refractivity contribution in [1.82, 2.24) is 15.2 Å². The van der Waals surface area contributed by atoms with Crippen LogP contribution in [-0.2, 0) is 16.1 Å². The van der Waals surface area contributed by atoms with Gasteiger partial charge in [-0.15, -0.1) is 0 Å². The van der Waals surface area contributed by atoms with Gasteiger partial charge in [-0.2, -0.15) is 0 Å². The van der Waals surface area contributed by atoms with E-state index in [-0.39, 0.29) is 11.8 Å². The Morgan fingerprint density at radius 3 is 2.55 bits per heavy atom. The molecule has 1 saturated carbocycles. The van der Waals surface area contributed by atoms with Crippen LogP contribution >= 0.6 is 0 Å². The van der Waals surface area contributed by atoms with Crippen LogP contribution < -0.4 is 5.32 Å². The number of nitrogens with one attached hydrogen (secondary N) is 1. The molecular formula is C17H25N3O2. The lowest BCUT2D eigenvalue weighted by Crippen LogP contribution is -2.42. The lowest BCUT2D eigenvalue weighted by molar-refractivity contribution is -0.132. The van der Waals surface area contributed by atoms with E-state index in [2.05, 4.69) is 10.3 Å². The molecular weight excluding hydrogens is 278 g/mol. The molecule has 0 spiro atoms. The third-order valence-electron chi connectivity index (χ3n) is 4.24. The van der Waals surface area contributed by atoms with E-state index in [9.17, 15) is 9.59 Å². The monoisotopic (exact) mass is 303 g/mol. The normalized spacial score (nSPS) is 15.3. The van der Waals surface area contributed by atoms with E-state index in [1.165, 1.54) is 19.3 Å². The minimum Gasteiger partial charge on any atom is -0.352 e. The van der Waals surface area contributed by atoms with Gasteiger partial charge in [0.2, 0.25) is 11.8 Å². The number of pyridine rings is 1. The highest BCUT2D eigenvalue weighted by molar-refractivity contribution is 5.78. The van der Waals surface area contributed by atoms with E-state index in [0.29, 0.717) is 25.6 Å². The Bertz CT molecular complexity index is 484. The predicted octanol–water partition coefficient (Wildman–Crippen LogP) is 2.27. The Balaban J connectivity index is 1.76. The molecule has 1 aromatic rings. The van der Waals surface area contributed by atoms with Crippen LogP contribution in [0, 0.1) is 0 Å². The molecule has 1 heterocycles. The second-order valence-corrected chi connectivity index (χ2v) is 5.89. The van der Waals surface area contributed by atoms with Crippen molar-refractivity contribution in [3.63, 3.8) is 0 Å². The maximum Gasteiger partial charge on any atom is 0.222 e. The van der Waals surface area contributed by atoms with Crippen LogP contribution in [-0.4, -0.2) is 34.3 Å². The number of rotatable bonds is 6. The van der Waals surface area contributed by atoms with E-state index in [4.69, 9.17) is 0 Å². The summed E-state index contributed by atoms with van der Waals surface area (Å²) in [5, 5.41) is 2.89. The molecule has 0 unspecified atom stereocenters. The van der Waals surface area contributed by atoms with Crippen molar-refractivity contribution < 1.29 is 9.59 Å². The highest BCUT2D eigenvalue weighted by Crippen LogP contribution is 2.22. The summed E-state index contributed by atoms with van der Waals surface area (Å²) in [4.78, 5) is 29.6. The van der Waals surface area contributed by atoms with Gasteiger partial charge in [-0.25, -0.2) is 0 Å². The topological polar surface area (TPSA) is 62.3 Å². The number of hydrogen-bond donors (Lipinski definition) is 1. The van der Waals surface area contributed by atoms with Crippen molar-refractivity contribution in [2.75, 3.05) is 6.54 Å². The van der Waals surface area contributed by atoms with Gasteiger partial charge in [0.1, 0.15) is 0 Å². The van der Waals surface area contributed by atoms with E-state index < -0.39 is 0 Å². The molecule has 2 amide bonds. The Morgan fingerprint density at radius 1 is 1.23 bits per heavy atom. The number of carbonyl (C=O) groups excluding carboxylic acids is 2. The molecule has 5 heteroatoms. The van der Waals surface area contributed by atoms with Gasteiger partial charge in [-0.1, -0.05) is 19.3 Å². The van der Waals surface area contributed by atoms with E-state index in [0.717, 1.165) is 18.4 Å². The van der Waals surface area contributed by atoms with Gasteiger partial charge in [0.25, 0.3) is 0 Å². The zero-order valence-corrected chi connectivity index (χ0v) is 13.3. The second kappa shape index (κ2) is 8.51. The number of carbonyl (C=O) groups is 2. The van der Waals surface area contributed by atoms with Gasteiger partial charge < -0.3 is 10.2 Å². The summed E-state index contributed by atoms with van der Waals surface area (Å²) in [6.07, 6.45) is 9.54. The molecule has 22 heavy (non-hydrogen) atoms. The number of hydrogen-bond acceptors (Lipinski definition) is 3. The van der Waals surface area contributed by atoms with Crippen LogP contribution in [0.2, 0.25) is 0 Å². The second-order valence-electron chi connectivity index (χ2n) is 5.89. The van der Waals surface area contributed by atoms with Crippen LogP contribution in [0.1, 0.15) is 51.0 Å². The molecule has 1 aliphatic carbocycles. The van der Waals surface area contributed by atoms with Gasteiger partial charge in [0.15, 0.2) is 0 Å². The molecule has 0 aliphatic heterocycles. The zero-order chi connectivity index (χ0) is 15.8. The molecule has 120 valence electrons. The van der Waals surface area contributed by atoms with Crippen molar-refractivity contribution in [2.24, 2.45) is 0 Å². The Morgan fingerprint density at radius 2 is 1.91 bits per heavy atom. The van der Waals surface area contributed by atoms with Gasteiger partial charge in [0, 0.05) is 44.9 Å². The van der Waals surface area contributed by atoms with Crippen LogP contribution in [0.25, 0.3) is 0 Å². The first-order chi connectivity index (χ1) is 10.7. The fourth-order valence-electron chi connectivity index (χ4n) is 3.00. The first-order valence-corrected chi connectivity index (χ1v) is 8.09. The molecule has 0 atom stereocenters. The van der Waals surface area contributed by atoms with Crippen molar-refractivity contribution in [1.29, 1.82) is 0 Å². The van der Waals surface area contributed by atoms with Crippen molar-refractivity contribution in [2.45, 2.75) is 58.0 Å². The fraction of sp³-hybridized carbons (Fsp3) is 0.588. The first kappa shape index (κ1) is 16.5. The van der Waals surface area contributed by atoms with Crippen LogP contribution in [0.4, 0.5) is 0 Å². The summed E-state index contributed by atoms with van der Waals surface area (Å²) >= 11 is 0. The third-order valence-corrected chi connectivity index (χ3v) is 4.24. The fourth-order valence-corrected chi connectivity index (χ4v) is 3.00. The third kappa shape index (κ3) is 5.13. The smallest absolute Gasteiger partial charge is 0.222 e. The van der Waals surface area contributed by atoms with Gasteiger partial charge in [0.05, 0.1) is 0 Å². The number of amides is 2. The predicted molar refractivity (Wildman–Crippen MR) is 85.0 cm³/mol. The molecule has 0 radical (unpaired) electrons. The SMILES string of the molecule is CC(=O)N(CCC(=O)NCc1ccncc1)C1CCCCC1. The zero-order valence-electron chi connectivity index (χ0n) is 13.3. The van der Waals surface area contributed by atoms with Crippen LogP contribution in [0.5, 0.6) is 0 Å². The summed E-state index contributed by atoms with van der Waals surface area (Å²) in [5.74, 6) is 0.0627. The van der Waals surface area contributed by atoms with Gasteiger partial charge in [-0.05, 0) is 30.5 Å². The quantitative estimate of drug-likeness (QED) is 0.877. The number of nitrogens with zero attached hydrogens (tertiary/aromatic N) is 2. The van der Waals surface area contributed by atoms with Crippen molar-refractivity contribution >= 4 is 11.8 Å². The van der Waals surface area contributed by atoms with Crippen molar-refractivity contribution in [3.05, 3.63) is 30.1 Å². The summed E-state index contributed by atoms with van der Waals surface area (Å²) in [6, 6.07) is 4.08. The molecule has 0 aromatic carbocycles. The maximum atomic E-state index is 12.0. The average Bonchev–Trinajstić information content (AvgIpc) is 2.55. The molecule has 1 fully saturated rings. The molecule has 0 bridgehead atoms. The summed E-state index contributed by atoms with van der Waals surface area (Å²) in [5.41, 5.74) is 1.03. The largest absolute Gasteiger partial charge is 0.352 e. The minimum absolute atomic E-state index is 0.0149. The highest BCUT2D eigenvalue weighted by atomic mass is 16.2. The Labute approximate surface area is 132 Å². The molecule has 1 aromatic heterocycles. The lowest BCUT2D eigenvalue weighted by atomic mass is 9.94. The lowest BCUT2D eigenvalue weighted by Gasteiger charge is -2.33. The molecule has 5 nitrogen and oxygen atoms in total. The molecule has 2 rings (SSSR count). The van der Waals surface area contributed by atoms with Gasteiger partial charge >= 0.3 is 0 Å². The van der Waals surface area contributed by atoms with Crippen LogP contribution in [0.3, 0.4) is 0 Å². The van der Waals surface area contributed by atoms with E-state index >= 15 is 0 Å². The maximum absolute atomic E-state index is 12.0. The standard InChI is InChI=1S/C17H25N3O2/c1-14(21)20(16-5-3-2-4-6-16)12-9-17(22)19-13-15-7-10-18-11-8-15/h7-8,10-11,16H,2-6,9,12-13H2,1H3,(H,19,22). The molecule has 1 N–H and O–H groups in total. The molecule has 1 aliphatic rings. The summed E-state index contributed by atoms with van der Waals surface area (Å²) in [6.45, 7) is 2.62. The average molecular weight is 303 g/mol. The van der Waals surface area contributed by atoms with Crippen molar-refractivity contribution in [3.8, 4) is 0 Å². The van der Waals surface area contributed by atoms with E-state index in [1.54, 1.807) is 19.3 Å². The van der Waals surface area contributed by atoms with Crippen LogP contribution in [0.15, 0.2) is 24.5 Å².